The summed E-state index contributed by atoms with van der Waals surface area (Å²) in [6, 6.07) is 13.9. The van der Waals surface area contributed by atoms with Crippen molar-refractivity contribution >= 4 is 28.6 Å². The predicted molar refractivity (Wildman–Crippen MR) is 129 cm³/mol. The first-order valence-electron chi connectivity index (χ1n) is 10.1. The van der Waals surface area contributed by atoms with Gasteiger partial charge in [-0.25, -0.2) is 10.4 Å². The summed E-state index contributed by atoms with van der Waals surface area (Å²) in [5.41, 5.74) is 11.9. The Hall–Kier alpha value is -3.39. The fourth-order valence-electron chi connectivity index (χ4n) is 2.99. The van der Waals surface area contributed by atoms with E-state index in [4.69, 9.17) is 15.2 Å². The van der Waals surface area contributed by atoms with E-state index in [1.807, 2.05) is 12.1 Å². The van der Waals surface area contributed by atoms with E-state index in [9.17, 15) is 4.79 Å². The second-order valence-electron chi connectivity index (χ2n) is 8.31. The fraction of sp³-hybridized carbons (Fsp3) is 0.292. The number of ether oxygens (including phenoxy) is 2. The maximum absolute atomic E-state index is 12.2. The second kappa shape index (κ2) is 9.82. The molecule has 8 heteroatoms. The molecule has 2 aromatic carbocycles. The van der Waals surface area contributed by atoms with Crippen molar-refractivity contribution in [2.45, 2.75) is 39.7 Å². The van der Waals surface area contributed by atoms with Gasteiger partial charge >= 0.3 is 0 Å². The Morgan fingerprint density at radius 3 is 2.50 bits per heavy atom. The zero-order chi connectivity index (χ0) is 23.3. The third kappa shape index (κ3) is 5.85. The molecule has 32 heavy (non-hydrogen) atoms. The maximum Gasteiger partial charge on any atom is 0.283 e. The van der Waals surface area contributed by atoms with Crippen molar-refractivity contribution in [3.8, 4) is 11.5 Å². The van der Waals surface area contributed by atoms with Crippen molar-refractivity contribution in [1.82, 2.24) is 10.4 Å². The summed E-state index contributed by atoms with van der Waals surface area (Å²) in [5, 5.41) is 4.36. The average Bonchev–Trinajstić information content (AvgIpc) is 3.10. The summed E-state index contributed by atoms with van der Waals surface area (Å²) in [5.74, 6) is 0.861. The number of aryl methyl sites for hydroxylation is 1. The van der Waals surface area contributed by atoms with Crippen LogP contribution in [0.1, 0.15) is 52.8 Å². The Kier molecular flexibility index (Phi) is 7.15. The van der Waals surface area contributed by atoms with Gasteiger partial charge in [-0.3, -0.25) is 4.79 Å². The Balaban J connectivity index is 1.62. The smallest absolute Gasteiger partial charge is 0.283 e. The lowest BCUT2D eigenvalue weighted by Crippen LogP contribution is -2.17. The molecule has 3 rings (SSSR count). The van der Waals surface area contributed by atoms with Crippen LogP contribution in [0, 0.1) is 6.92 Å². The third-order valence-corrected chi connectivity index (χ3v) is 5.79. The van der Waals surface area contributed by atoms with Gasteiger partial charge in [0.25, 0.3) is 5.91 Å². The summed E-state index contributed by atoms with van der Waals surface area (Å²) < 4.78 is 11.4. The molecule has 7 nitrogen and oxygen atoms in total. The number of nitrogen functional groups attached to an aromatic ring is 1. The first-order valence-corrected chi connectivity index (χ1v) is 11.0. The second-order valence-corrected chi connectivity index (χ2v) is 9.34. The summed E-state index contributed by atoms with van der Waals surface area (Å²) in [7, 11) is 1.58. The largest absolute Gasteiger partial charge is 0.493 e. The zero-order valence-electron chi connectivity index (χ0n) is 18.9. The van der Waals surface area contributed by atoms with Crippen molar-refractivity contribution in [1.29, 1.82) is 0 Å². The van der Waals surface area contributed by atoms with E-state index < -0.39 is 0 Å². The van der Waals surface area contributed by atoms with Crippen molar-refractivity contribution in [2.75, 3.05) is 12.8 Å². The number of methoxy groups -OCH3 is 1. The molecule has 0 aliphatic carbocycles. The molecule has 0 saturated heterocycles. The van der Waals surface area contributed by atoms with E-state index in [-0.39, 0.29) is 11.3 Å². The Morgan fingerprint density at radius 1 is 1.19 bits per heavy atom. The molecule has 0 spiro atoms. The molecule has 0 unspecified atom stereocenters. The summed E-state index contributed by atoms with van der Waals surface area (Å²) >= 11 is 1.13. The highest BCUT2D eigenvalue weighted by atomic mass is 32.1. The van der Waals surface area contributed by atoms with Crippen LogP contribution in [-0.2, 0) is 12.0 Å². The van der Waals surface area contributed by atoms with Crippen LogP contribution < -0.4 is 20.6 Å². The standard InChI is InChI=1S/C24H28N4O3S/c1-15-21(32-23(25)27-15)22(29)28-26-13-17-8-11-19(20(12-17)30-5)31-14-16-6-9-18(10-7-16)24(2,3)4/h6-13H,14H2,1-5H3,(H2,25,27)(H,28,29)/b26-13-. The van der Waals surface area contributed by atoms with Crippen LogP contribution >= 0.6 is 11.3 Å². The van der Waals surface area contributed by atoms with Crippen LogP contribution in [0.3, 0.4) is 0 Å². The summed E-state index contributed by atoms with van der Waals surface area (Å²) in [4.78, 5) is 16.7. The Morgan fingerprint density at radius 2 is 1.91 bits per heavy atom. The number of nitrogens with one attached hydrogen (secondary N) is 1. The fourth-order valence-corrected chi connectivity index (χ4v) is 3.71. The lowest BCUT2D eigenvalue weighted by atomic mass is 9.87. The number of carbonyl (C=O) groups is 1. The van der Waals surface area contributed by atoms with Gasteiger partial charge in [0.15, 0.2) is 16.6 Å². The number of nitrogens with two attached hydrogens (primary N) is 1. The molecule has 1 amide bonds. The minimum absolute atomic E-state index is 0.117. The van der Waals surface area contributed by atoms with Crippen LogP contribution in [-0.4, -0.2) is 24.2 Å². The van der Waals surface area contributed by atoms with Crippen LogP contribution in [0.2, 0.25) is 0 Å². The molecular formula is C24H28N4O3S. The molecule has 168 valence electrons. The number of carbonyl (C=O) groups excluding carboxylic acids is 1. The molecule has 1 aromatic heterocycles. The molecular weight excluding hydrogens is 424 g/mol. The highest BCUT2D eigenvalue weighted by molar-refractivity contribution is 7.17. The van der Waals surface area contributed by atoms with Gasteiger partial charge in [0.2, 0.25) is 0 Å². The van der Waals surface area contributed by atoms with E-state index in [0.29, 0.717) is 33.8 Å². The number of benzene rings is 2. The van der Waals surface area contributed by atoms with Gasteiger partial charge in [0.05, 0.1) is 19.0 Å². The lowest BCUT2D eigenvalue weighted by molar-refractivity contribution is 0.0958. The van der Waals surface area contributed by atoms with Gasteiger partial charge < -0.3 is 15.2 Å². The van der Waals surface area contributed by atoms with E-state index >= 15 is 0 Å². The van der Waals surface area contributed by atoms with Gasteiger partial charge in [-0.15, -0.1) is 0 Å². The summed E-state index contributed by atoms with van der Waals surface area (Å²) in [6.45, 7) is 8.73. The van der Waals surface area contributed by atoms with Crippen molar-refractivity contribution in [2.24, 2.45) is 5.10 Å². The van der Waals surface area contributed by atoms with Crippen molar-refractivity contribution < 1.29 is 14.3 Å². The van der Waals surface area contributed by atoms with E-state index in [1.165, 1.54) is 11.8 Å². The molecule has 0 atom stereocenters. The molecule has 3 aromatic rings. The Bertz CT molecular complexity index is 1120. The lowest BCUT2D eigenvalue weighted by Gasteiger charge is -2.19. The van der Waals surface area contributed by atoms with Gasteiger partial charge in [-0.05, 0) is 47.2 Å². The first kappa shape index (κ1) is 23.3. The molecule has 3 N–H and O–H groups in total. The highest BCUT2D eigenvalue weighted by Crippen LogP contribution is 2.29. The molecule has 0 radical (unpaired) electrons. The molecule has 0 fully saturated rings. The van der Waals surface area contributed by atoms with Crippen LogP contribution in [0.5, 0.6) is 11.5 Å². The number of anilines is 1. The molecule has 0 saturated carbocycles. The average molecular weight is 453 g/mol. The maximum atomic E-state index is 12.2. The number of amides is 1. The van der Waals surface area contributed by atoms with Gasteiger partial charge in [-0.1, -0.05) is 56.4 Å². The number of hydrazone groups is 1. The number of hydrogen-bond acceptors (Lipinski definition) is 7. The van der Waals surface area contributed by atoms with Gasteiger partial charge in [-0.2, -0.15) is 5.10 Å². The normalized spacial score (nSPS) is 11.5. The quantitative estimate of drug-likeness (QED) is 0.400. The monoisotopic (exact) mass is 452 g/mol. The molecule has 1 heterocycles. The minimum Gasteiger partial charge on any atom is -0.493 e. The van der Waals surface area contributed by atoms with Crippen molar-refractivity contribution in [3.05, 3.63) is 69.7 Å². The SMILES string of the molecule is COc1cc(/C=N\NC(=O)c2sc(N)nc2C)ccc1OCc1ccc(C(C)(C)C)cc1. The number of aromatic nitrogens is 1. The van der Waals surface area contributed by atoms with E-state index in [2.05, 4.69) is 60.5 Å². The zero-order valence-corrected chi connectivity index (χ0v) is 19.7. The topological polar surface area (TPSA) is 98.8 Å². The van der Waals surface area contributed by atoms with Crippen molar-refractivity contribution in [3.63, 3.8) is 0 Å². The van der Waals surface area contributed by atoms with Crippen LogP contribution in [0.15, 0.2) is 47.6 Å². The highest BCUT2D eigenvalue weighted by Gasteiger charge is 2.14. The Labute approximate surface area is 192 Å². The van der Waals surface area contributed by atoms with Crippen LogP contribution in [0.25, 0.3) is 0 Å². The molecule has 0 aliphatic heterocycles. The minimum atomic E-state index is -0.350. The van der Waals surface area contributed by atoms with E-state index in [0.717, 1.165) is 22.5 Å². The number of thiazole rings is 1. The first-order chi connectivity index (χ1) is 15.2. The number of hydrogen-bond donors (Lipinski definition) is 2. The van der Waals surface area contributed by atoms with Gasteiger partial charge in [0, 0.05) is 0 Å². The van der Waals surface area contributed by atoms with Gasteiger partial charge in [0.1, 0.15) is 11.5 Å². The van der Waals surface area contributed by atoms with Crippen LogP contribution in [0.4, 0.5) is 5.13 Å². The predicted octanol–water partition coefficient (Wildman–Crippen LogP) is 4.68. The third-order valence-electron chi connectivity index (χ3n) is 4.80. The number of nitrogens with zero attached hydrogens (tertiary/aromatic N) is 2. The number of rotatable bonds is 7. The van der Waals surface area contributed by atoms with E-state index in [1.54, 1.807) is 20.1 Å². The molecule has 0 aliphatic rings. The molecule has 0 bridgehead atoms. The summed E-state index contributed by atoms with van der Waals surface area (Å²) in [6.07, 6.45) is 1.54.